The van der Waals surface area contributed by atoms with E-state index in [1.165, 1.54) is 0 Å². The van der Waals surface area contributed by atoms with E-state index in [1.54, 1.807) is 23.0 Å². The van der Waals surface area contributed by atoms with Crippen LogP contribution in [0.2, 0.25) is 0 Å². The molecule has 0 spiro atoms. The molecule has 0 fully saturated rings. The van der Waals surface area contributed by atoms with Gasteiger partial charge in [-0.15, -0.1) is 0 Å². The van der Waals surface area contributed by atoms with E-state index in [2.05, 4.69) is 10.4 Å². The average molecular weight is 316 g/mol. The van der Waals surface area contributed by atoms with Crippen molar-refractivity contribution >= 4 is 11.6 Å². The molecule has 1 atom stereocenters. The van der Waals surface area contributed by atoms with Gasteiger partial charge in [-0.2, -0.15) is 5.10 Å². The summed E-state index contributed by atoms with van der Waals surface area (Å²) < 4.78 is 1.73. The molecule has 0 aliphatic heterocycles. The minimum Gasteiger partial charge on any atom is -0.395 e. The van der Waals surface area contributed by atoms with Crippen LogP contribution >= 0.6 is 0 Å². The first-order chi connectivity index (χ1) is 11.0. The van der Waals surface area contributed by atoms with Gasteiger partial charge in [0.15, 0.2) is 0 Å². The number of rotatable bonds is 7. The molecule has 23 heavy (non-hydrogen) atoms. The second-order valence-corrected chi connectivity index (χ2v) is 5.57. The molecule has 0 aliphatic rings. The highest BCUT2D eigenvalue weighted by Crippen LogP contribution is 2.18. The van der Waals surface area contributed by atoms with E-state index in [0.717, 1.165) is 17.7 Å². The second-order valence-electron chi connectivity index (χ2n) is 5.57. The number of hydrogen-bond donors (Lipinski definition) is 2. The number of aliphatic hydroxyl groups is 1. The Morgan fingerprint density at radius 3 is 2.61 bits per heavy atom. The van der Waals surface area contributed by atoms with Crippen molar-refractivity contribution in [3.63, 3.8) is 0 Å². The summed E-state index contributed by atoms with van der Waals surface area (Å²) >= 11 is 0. The number of aliphatic hydroxyl groups excluding tert-OH is 1. The summed E-state index contributed by atoms with van der Waals surface area (Å²) in [5.74, 6) is -0.0999. The molecule has 2 N–H and O–H groups in total. The first-order valence-electron chi connectivity index (χ1n) is 7.76. The van der Waals surface area contributed by atoms with E-state index in [0.29, 0.717) is 12.1 Å². The van der Waals surface area contributed by atoms with Gasteiger partial charge in [0.2, 0.25) is 0 Å². The van der Waals surface area contributed by atoms with Gasteiger partial charge in [-0.25, -0.2) is 0 Å². The lowest BCUT2D eigenvalue weighted by Gasteiger charge is -2.19. The zero-order valence-corrected chi connectivity index (χ0v) is 13.9. The van der Waals surface area contributed by atoms with Gasteiger partial charge in [0.05, 0.1) is 18.8 Å². The highest BCUT2D eigenvalue weighted by molar-refractivity contribution is 5.94. The first kappa shape index (κ1) is 17.0. The van der Waals surface area contributed by atoms with Crippen LogP contribution in [-0.4, -0.2) is 41.0 Å². The van der Waals surface area contributed by atoms with Gasteiger partial charge in [0, 0.05) is 43.7 Å². The molecule has 1 amide bonds. The third-order valence-corrected chi connectivity index (χ3v) is 3.85. The first-order valence-corrected chi connectivity index (χ1v) is 7.76. The molecule has 1 aromatic carbocycles. The van der Waals surface area contributed by atoms with E-state index in [-0.39, 0.29) is 18.6 Å². The predicted molar refractivity (Wildman–Crippen MR) is 90.5 cm³/mol. The monoisotopic (exact) mass is 316 g/mol. The molecule has 124 valence electrons. The average Bonchev–Trinajstić information content (AvgIpc) is 2.99. The molecule has 1 heterocycles. The summed E-state index contributed by atoms with van der Waals surface area (Å²) in [5, 5.41) is 16.2. The van der Waals surface area contributed by atoms with Gasteiger partial charge < -0.3 is 15.3 Å². The Kier molecular flexibility index (Phi) is 5.76. The Labute approximate surface area is 136 Å². The molecule has 1 aromatic heterocycles. The number of nitrogens with one attached hydrogen (secondary N) is 1. The van der Waals surface area contributed by atoms with Crippen LogP contribution < -0.4 is 10.2 Å². The molecule has 6 nitrogen and oxygen atoms in total. The lowest BCUT2D eigenvalue weighted by atomic mass is 10.1. The van der Waals surface area contributed by atoms with E-state index in [9.17, 15) is 4.79 Å². The molecule has 0 saturated carbocycles. The molecule has 6 heteroatoms. The summed E-state index contributed by atoms with van der Waals surface area (Å²) in [6.07, 6.45) is 4.50. The number of likely N-dealkylation sites (N-methyl/N-ethyl adjacent to an activating group) is 1. The van der Waals surface area contributed by atoms with E-state index in [1.807, 2.05) is 44.2 Å². The van der Waals surface area contributed by atoms with Crippen LogP contribution in [0.15, 0.2) is 36.7 Å². The van der Waals surface area contributed by atoms with Crippen molar-refractivity contribution < 1.29 is 9.90 Å². The third kappa shape index (κ3) is 4.32. The molecule has 0 bridgehead atoms. The number of hydrogen-bond acceptors (Lipinski definition) is 4. The number of aromatic nitrogens is 2. The quantitative estimate of drug-likeness (QED) is 0.816. The van der Waals surface area contributed by atoms with Gasteiger partial charge in [-0.1, -0.05) is 6.92 Å². The SMILES string of the molecule is CC[C@H](NC(=O)c1ccc(N(C)CCO)cc1)c1cnn(C)c1. The van der Waals surface area contributed by atoms with Crippen LogP contribution in [0.5, 0.6) is 0 Å². The Balaban J connectivity index is 2.05. The van der Waals surface area contributed by atoms with Crippen LogP contribution in [-0.2, 0) is 7.05 Å². The minimum atomic E-state index is -0.0999. The normalized spacial score (nSPS) is 12.0. The van der Waals surface area contributed by atoms with Crippen LogP contribution in [0.4, 0.5) is 5.69 Å². The van der Waals surface area contributed by atoms with Crippen molar-refractivity contribution in [2.45, 2.75) is 19.4 Å². The third-order valence-electron chi connectivity index (χ3n) is 3.85. The number of carbonyl (C=O) groups excluding carboxylic acids is 1. The number of nitrogens with zero attached hydrogens (tertiary/aromatic N) is 3. The van der Waals surface area contributed by atoms with Crippen LogP contribution in [0, 0.1) is 0 Å². The molecule has 0 radical (unpaired) electrons. The van der Waals surface area contributed by atoms with E-state index >= 15 is 0 Å². The number of anilines is 1. The fourth-order valence-corrected chi connectivity index (χ4v) is 2.43. The zero-order chi connectivity index (χ0) is 16.8. The maximum Gasteiger partial charge on any atom is 0.251 e. The molecule has 0 aliphatic carbocycles. The maximum atomic E-state index is 12.4. The molecule has 2 aromatic rings. The molecule has 0 unspecified atom stereocenters. The summed E-state index contributed by atoms with van der Waals surface area (Å²) in [6, 6.07) is 7.32. The molecule has 0 saturated heterocycles. The van der Waals surface area contributed by atoms with Crippen molar-refractivity contribution in [3.8, 4) is 0 Å². The van der Waals surface area contributed by atoms with Crippen molar-refractivity contribution in [1.82, 2.24) is 15.1 Å². The number of amides is 1. The van der Waals surface area contributed by atoms with Gasteiger partial charge >= 0.3 is 0 Å². The summed E-state index contributed by atoms with van der Waals surface area (Å²) in [5.41, 5.74) is 2.59. The Bertz CT molecular complexity index is 636. The van der Waals surface area contributed by atoms with Gasteiger partial charge in [0.1, 0.15) is 0 Å². The smallest absolute Gasteiger partial charge is 0.251 e. The Hall–Kier alpha value is -2.34. The fourth-order valence-electron chi connectivity index (χ4n) is 2.43. The van der Waals surface area contributed by atoms with Crippen molar-refractivity contribution in [2.24, 2.45) is 7.05 Å². The molecular formula is C17H24N4O2. The van der Waals surface area contributed by atoms with Gasteiger partial charge in [0.25, 0.3) is 5.91 Å². The number of benzene rings is 1. The highest BCUT2D eigenvalue weighted by atomic mass is 16.3. The lowest BCUT2D eigenvalue weighted by molar-refractivity contribution is 0.0935. The van der Waals surface area contributed by atoms with Crippen LogP contribution in [0.3, 0.4) is 0 Å². The number of aryl methyl sites for hydroxylation is 1. The number of carbonyl (C=O) groups is 1. The molecular weight excluding hydrogens is 292 g/mol. The summed E-state index contributed by atoms with van der Waals surface area (Å²) in [7, 11) is 3.76. The van der Waals surface area contributed by atoms with Crippen molar-refractivity contribution in [1.29, 1.82) is 0 Å². The van der Waals surface area contributed by atoms with Crippen LogP contribution in [0.1, 0.15) is 35.3 Å². The standard InChI is InChI=1S/C17H24N4O2/c1-4-16(14-11-18-21(3)12-14)19-17(23)13-5-7-15(8-6-13)20(2)9-10-22/h5-8,11-12,16,22H,4,9-10H2,1-3H3,(H,19,23)/t16-/m0/s1. The topological polar surface area (TPSA) is 70.4 Å². The second kappa shape index (κ2) is 7.78. The van der Waals surface area contributed by atoms with Gasteiger partial charge in [-0.05, 0) is 30.7 Å². The van der Waals surface area contributed by atoms with Gasteiger partial charge in [-0.3, -0.25) is 9.48 Å². The predicted octanol–water partition coefficient (Wildman–Crippen LogP) is 1.73. The van der Waals surface area contributed by atoms with Crippen molar-refractivity contribution in [2.75, 3.05) is 25.1 Å². The lowest BCUT2D eigenvalue weighted by Crippen LogP contribution is -2.28. The Morgan fingerprint density at radius 2 is 2.09 bits per heavy atom. The summed E-state index contributed by atoms with van der Waals surface area (Å²) in [6.45, 7) is 2.69. The minimum absolute atomic E-state index is 0.0482. The fraction of sp³-hybridized carbons (Fsp3) is 0.412. The molecule has 2 rings (SSSR count). The Morgan fingerprint density at radius 1 is 1.39 bits per heavy atom. The summed E-state index contributed by atoms with van der Waals surface area (Å²) in [4.78, 5) is 14.3. The van der Waals surface area contributed by atoms with E-state index < -0.39 is 0 Å². The maximum absolute atomic E-state index is 12.4. The van der Waals surface area contributed by atoms with E-state index in [4.69, 9.17) is 5.11 Å². The van der Waals surface area contributed by atoms with Crippen molar-refractivity contribution in [3.05, 3.63) is 47.8 Å². The van der Waals surface area contributed by atoms with Crippen LogP contribution in [0.25, 0.3) is 0 Å². The highest BCUT2D eigenvalue weighted by Gasteiger charge is 2.15. The largest absolute Gasteiger partial charge is 0.395 e. The zero-order valence-electron chi connectivity index (χ0n) is 13.9.